The first-order valence-corrected chi connectivity index (χ1v) is 11.6. The lowest BCUT2D eigenvalue weighted by Gasteiger charge is -2.28. The molecule has 0 bridgehead atoms. The fourth-order valence-electron chi connectivity index (χ4n) is 4.44. The lowest BCUT2D eigenvalue weighted by atomic mass is 10.2. The molecule has 3 aromatic rings. The number of aromatic nitrogens is 4. The molecule has 0 unspecified atom stereocenters. The molecular weight excluding hydrogens is 457 g/mol. The highest BCUT2D eigenvalue weighted by molar-refractivity contribution is 5.98. The van der Waals surface area contributed by atoms with Crippen molar-refractivity contribution >= 4 is 23.3 Å². The van der Waals surface area contributed by atoms with Gasteiger partial charge in [0.25, 0.3) is 11.5 Å². The maximum Gasteiger partial charge on any atom is 0.280 e. The maximum absolute atomic E-state index is 13.4. The van der Waals surface area contributed by atoms with Crippen LogP contribution in [-0.2, 0) is 29.0 Å². The average molecular weight is 484 g/mol. The summed E-state index contributed by atoms with van der Waals surface area (Å²) >= 11 is 0. The summed E-state index contributed by atoms with van der Waals surface area (Å²) in [5, 5.41) is 7.00. The topological polar surface area (TPSA) is 114 Å². The zero-order chi connectivity index (χ0) is 24.5. The number of aryl methyl sites for hydroxylation is 1. The number of hydrogen-bond acceptors (Lipinski definition) is 7. The number of fused-ring (bicyclic) bond motifs is 2. The summed E-state index contributed by atoms with van der Waals surface area (Å²) in [5.74, 6) is -1.08. The van der Waals surface area contributed by atoms with Crippen LogP contribution in [0.5, 0.6) is 0 Å². The Hall–Kier alpha value is -3.64. The monoisotopic (exact) mass is 483 g/mol. The molecule has 0 radical (unpaired) electrons. The molecule has 11 nitrogen and oxygen atoms in total. The highest BCUT2D eigenvalue weighted by Crippen LogP contribution is 2.23. The number of amides is 2. The van der Waals surface area contributed by atoms with E-state index in [4.69, 9.17) is 4.74 Å². The molecule has 1 saturated heterocycles. The van der Waals surface area contributed by atoms with Crippen molar-refractivity contribution in [2.24, 2.45) is 0 Å². The van der Waals surface area contributed by atoms with Crippen molar-refractivity contribution < 1.29 is 18.7 Å². The second kappa shape index (κ2) is 9.55. The first-order chi connectivity index (χ1) is 16.9. The van der Waals surface area contributed by atoms with Crippen molar-refractivity contribution in [3.63, 3.8) is 0 Å². The summed E-state index contributed by atoms with van der Waals surface area (Å²) in [4.78, 5) is 47.3. The van der Waals surface area contributed by atoms with Crippen LogP contribution in [0.25, 0.3) is 5.65 Å². The fraction of sp³-hybridized carbons (Fsp3) is 0.435. The van der Waals surface area contributed by atoms with Crippen LogP contribution in [0.2, 0.25) is 0 Å². The van der Waals surface area contributed by atoms with E-state index in [-0.39, 0.29) is 36.1 Å². The summed E-state index contributed by atoms with van der Waals surface area (Å²) in [5.41, 5.74) is 1.22. The summed E-state index contributed by atoms with van der Waals surface area (Å²) < 4.78 is 21.3. The standard InChI is InChI=1S/C23H26FN7O4/c1-2-16-11-20-30(14-19(32)26-18-4-3-15(24)12-25-18)21-17(22(33)31(20)27-16)13-29(23(21)34)6-5-28-7-9-35-10-8-28/h3-4,11-12H,2,5-10,13-14H2,1H3,(H,25,26,32). The quantitative estimate of drug-likeness (QED) is 0.521. The number of nitrogens with zero attached hydrogens (tertiary/aromatic N) is 6. The second-order valence-corrected chi connectivity index (χ2v) is 8.57. The van der Waals surface area contributed by atoms with Crippen molar-refractivity contribution in [2.45, 2.75) is 26.4 Å². The molecular formula is C23H26FN7O4. The predicted octanol–water partition coefficient (Wildman–Crippen LogP) is 0.519. The molecule has 0 aromatic carbocycles. The van der Waals surface area contributed by atoms with Crippen LogP contribution in [0.15, 0.2) is 29.2 Å². The average Bonchev–Trinajstić information content (AvgIpc) is 3.45. The molecule has 2 amide bonds. The minimum Gasteiger partial charge on any atom is -0.379 e. The highest BCUT2D eigenvalue weighted by Gasteiger charge is 2.35. The van der Waals surface area contributed by atoms with Gasteiger partial charge in [-0.25, -0.2) is 9.37 Å². The van der Waals surface area contributed by atoms with Gasteiger partial charge in [-0.05, 0) is 18.6 Å². The molecule has 3 aromatic heterocycles. The molecule has 35 heavy (non-hydrogen) atoms. The number of halogens is 1. The number of carbonyl (C=O) groups excluding carboxylic acids is 2. The Morgan fingerprint density at radius 3 is 2.71 bits per heavy atom. The number of pyridine rings is 1. The molecule has 0 aliphatic carbocycles. The number of morpholine rings is 1. The van der Waals surface area contributed by atoms with Gasteiger partial charge in [-0.3, -0.25) is 19.3 Å². The molecule has 0 atom stereocenters. The third-order valence-electron chi connectivity index (χ3n) is 6.31. The molecule has 0 saturated carbocycles. The highest BCUT2D eigenvalue weighted by atomic mass is 19.1. The van der Waals surface area contributed by atoms with Crippen LogP contribution >= 0.6 is 0 Å². The van der Waals surface area contributed by atoms with E-state index in [1.54, 1.807) is 15.5 Å². The van der Waals surface area contributed by atoms with E-state index in [9.17, 15) is 18.8 Å². The zero-order valence-electron chi connectivity index (χ0n) is 19.4. The van der Waals surface area contributed by atoms with E-state index in [2.05, 4.69) is 20.3 Å². The van der Waals surface area contributed by atoms with Gasteiger partial charge in [-0.1, -0.05) is 6.92 Å². The third kappa shape index (κ3) is 4.54. The van der Waals surface area contributed by atoms with Crippen LogP contribution in [-0.4, -0.2) is 80.2 Å². The summed E-state index contributed by atoms with van der Waals surface area (Å²) in [6, 6.07) is 4.26. The van der Waals surface area contributed by atoms with Crippen molar-refractivity contribution in [2.75, 3.05) is 44.7 Å². The molecule has 2 aliphatic heterocycles. The van der Waals surface area contributed by atoms with Gasteiger partial charge in [0.2, 0.25) is 5.91 Å². The summed E-state index contributed by atoms with van der Waals surface area (Å²) in [6.07, 6.45) is 1.60. The molecule has 184 valence electrons. The van der Waals surface area contributed by atoms with Crippen molar-refractivity contribution in [1.29, 1.82) is 0 Å². The van der Waals surface area contributed by atoms with E-state index in [0.717, 1.165) is 19.3 Å². The maximum atomic E-state index is 13.4. The molecule has 1 fully saturated rings. The minimum absolute atomic E-state index is 0.162. The van der Waals surface area contributed by atoms with Crippen LogP contribution in [0, 0.1) is 5.82 Å². The van der Waals surface area contributed by atoms with Gasteiger partial charge in [0.05, 0.1) is 37.2 Å². The molecule has 1 N–H and O–H groups in total. The zero-order valence-corrected chi connectivity index (χ0v) is 19.4. The van der Waals surface area contributed by atoms with Gasteiger partial charge in [0, 0.05) is 32.2 Å². The van der Waals surface area contributed by atoms with Gasteiger partial charge in [0.1, 0.15) is 29.5 Å². The Balaban J connectivity index is 1.45. The second-order valence-electron chi connectivity index (χ2n) is 8.57. The van der Waals surface area contributed by atoms with Gasteiger partial charge in [-0.2, -0.15) is 9.61 Å². The molecule has 5 rings (SSSR count). The Bertz CT molecular complexity index is 1330. The SMILES string of the molecule is CCc1cc2n(CC(=O)Nc3ccc(F)cn3)c3c(c(=O)n2n1)CN(CCN1CCOCC1)C3=O. The number of carbonyl (C=O) groups is 2. The van der Waals surface area contributed by atoms with Gasteiger partial charge < -0.3 is 19.5 Å². The van der Waals surface area contributed by atoms with Gasteiger partial charge >= 0.3 is 0 Å². The predicted molar refractivity (Wildman–Crippen MR) is 124 cm³/mol. The number of hydrogen-bond donors (Lipinski definition) is 1. The smallest absolute Gasteiger partial charge is 0.280 e. The van der Waals surface area contributed by atoms with E-state index < -0.39 is 11.7 Å². The molecule has 5 heterocycles. The van der Waals surface area contributed by atoms with Crippen LogP contribution < -0.4 is 10.9 Å². The normalized spacial score (nSPS) is 16.2. The fourth-order valence-corrected chi connectivity index (χ4v) is 4.44. The number of rotatable bonds is 7. The Morgan fingerprint density at radius 1 is 1.20 bits per heavy atom. The van der Waals surface area contributed by atoms with Gasteiger partial charge in [0.15, 0.2) is 0 Å². The summed E-state index contributed by atoms with van der Waals surface area (Å²) in [6.45, 7) is 5.89. The number of anilines is 1. The third-order valence-corrected chi connectivity index (χ3v) is 6.31. The van der Waals surface area contributed by atoms with Crippen molar-refractivity contribution in [1.82, 2.24) is 29.0 Å². The van der Waals surface area contributed by atoms with Crippen LogP contribution in [0.3, 0.4) is 0 Å². The van der Waals surface area contributed by atoms with E-state index in [1.165, 1.54) is 16.6 Å². The Kier molecular flexibility index (Phi) is 6.31. The number of ether oxygens (including phenoxy) is 1. The Morgan fingerprint density at radius 2 is 2.00 bits per heavy atom. The number of nitrogens with one attached hydrogen (secondary N) is 1. The van der Waals surface area contributed by atoms with Crippen LogP contribution in [0.1, 0.15) is 28.7 Å². The molecule has 12 heteroatoms. The molecule has 2 aliphatic rings. The summed E-state index contributed by atoms with van der Waals surface area (Å²) in [7, 11) is 0. The van der Waals surface area contributed by atoms with Crippen molar-refractivity contribution in [3.8, 4) is 0 Å². The van der Waals surface area contributed by atoms with E-state index >= 15 is 0 Å². The largest absolute Gasteiger partial charge is 0.379 e. The van der Waals surface area contributed by atoms with Crippen LogP contribution in [0.4, 0.5) is 10.2 Å². The Labute approximate surface area is 200 Å². The minimum atomic E-state index is -0.517. The lowest BCUT2D eigenvalue weighted by molar-refractivity contribution is -0.116. The van der Waals surface area contributed by atoms with Crippen molar-refractivity contribution in [3.05, 3.63) is 57.5 Å². The lowest BCUT2D eigenvalue weighted by Crippen LogP contribution is -2.41. The van der Waals surface area contributed by atoms with E-state index in [1.807, 2.05) is 6.92 Å². The molecule has 0 spiro atoms. The van der Waals surface area contributed by atoms with Gasteiger partial charge in [-0.15, -0.1) is 0 Å². The first-order valence-electron chi connectivity index (χ1n) is 11.6. The first kappa shape index (κ1) is 23.1. The van der Waals surface area contributed by atoms with E-state index in [0.29, 0.717) is 49.6 Å².